The minimum absolute atomic E-state index is 0.107. The number of hydrogen-bond acceptors (Lipinski definition) is 15. The van der Waals surface area contributed by atoms with Crippen molar-refractivity contribution in [1.82, 2.24) is 0 Å². The molecule has 0 aliphatic carbocycles. The molecule has 6 atom stereocenters. The molecule has 0 saturated heterocycles. The van der Waals surface area contributed by atoms with Crippen molar-refractivity contribution in [3.8, 4) is 0 Å². The van der Waals surface area contributed by atoms with E-state index in [1.165, 1.54) is 180 Å². The quantitative estimate of drug-likeness (QED) is 0.0222. The normalized spacial score (nSPS) is 14.4. The summed E-state index contributed by atoms with van der Waals surface area (Å²) in [4.78, 5) is 72.5. The zero-order chi connectivity index (χ0) is 64.9. The van der Waals surface area contributed by atoms with E-state index in [0.29, 0.717) is 25.7 Å². The second-order valence-corrected chi connectivity index (χ2v) is 28.1. The van der Waals surface area contributed by atoms with Crippen molar-refractivity contribution in [2.45, 2.75) is 374 Å². The van der Waals surface area contributed by atoms with Crippen molar-refractivity contribution < 1.29 is 80.2 Å². The van der Waals surface area contributed by atoms with Gasteiger partial charge in [0, 0.05) is 25.7 Å². The number of unbranched alkanes of at least 4 members (excludes halogenated alkanes) is 40. The molecule has 0 fully saturated rings. The molecule has 0 heterocycles. The number of phosphoric acid groups is 2. The Kier molecular flexibility index (Phi) is 61.1. The minimum atomic E-state index is -4.95. The molecule has 0 aromatic heterocycles. The second kappa shape index (κ2) is 62.5. The standard InChI is InChI=1S/C69H134O17P2/c1-6-10-13-16-19-22-25-26-27-28-34-38-43-48-53-67(72)80-59-65(86-69(74)55-50-45-40-35-30-29-31-36-41-46-51-62(5)9-4)61-84-88(77,78)82-57-63(70)56-81-87(75,76)83-60-64(85-68(73)54-49-44-39-33-24-21-18-15-12-8-3)58-79-66(71)52-47-42-37-32-23-20-17-14-11-7-2/h62-65,70H,6-61H2,1-5H3,(H,75,76)(H,77,78)/t62?,63-,64+,65+/m0/s1. The van der Waals surface area contributed by atoms with Crippen molar-refractivity contribution >= 4 is 39.5 Å². The van der Waals surface area contributed by atoms with Gasteiger partial charge in [0.2, 0.25) is 0 Å². The summed E-state index contributed by atoms with van der Waals surface area (Å²) in [5.41, 5.74) is 0. The SMILES string of the molecule is CCCCCCCCCCCCCCCCC(=O)OC[C@H](COP(=O)(O)OC[C@@H](O)COP(=O)(O)OC[C@@H](COC(=O)CCCCCCCCCCCC)OC(=O)CCCCCCCCCCCC)OC(=O)CCCCCCCCCCCCC(C)CC. The molecule has 0 aliphatic rings. The number of rotatable bonds is 69. The van der Waals surface area contributed by atoms with Crippen LogP contribution in [0.2, 0.25) is 0 Å². The van der Waals surface area contributed by atoms with Gasteiger partial charge in [-0.25, -0.2) is 9.13 Å². The van der Waals surface area contributed by atoms with Crippen LogP contribution in [0.3, 0.4) is 0 Å². The highest BCUT2D eigenvalue weighted by molar-refractivity contribution is 7.47. The average molecular weight is 1300 g/mol. The molecular formula is C69H134O17P2. The van der Waals surface area contributed by atoms with Gasteiger partial charge in [-0.3, -0.25) is 37.3 Å². The summed E-state index contributed by atoms with van der Waals surface area (Å²) < 4.78 is 68.2. The largest absolute Gasteiger partial charge is 0.472 e. The zero-order valence-electron chi connectivity index (χ0n) is 56.9. The highest BCUT2D eigenvalue weighted by Gasteiger charge is 2.30. The van der Waals surface area contributed by atoms with Gasteiger partial charge in [0.05, 0.1) is 26.4 Å². The van der Waals surface area contributed by atoms with Gasteiger partial charge >= 0.3 is 39.5 Å². The summed E-state index contributed by atoms with van der Waals surface area (Å²) in [5.74, 6) is -1.32. The van der Waals surface area contributed by atoms with Gasteiger partial charge in [-0.1, -0.05) is 304 Å². The Morgan fingerprint density at radius 3 is 0.807 bits per heavy atom. The molecule has 0 aromatic rings. The summed E-state index contributed by atoms with van der Waals surface area (Å²) in [6.07, 6.45) is 48.3. The van der Waals surface area contributed by atoms with E-state index in [4.69, 9.17) is 37.0 Å². The van der Waals surface area contributed by atoms with E-state index in [1.807, 2.05) is 0 Å². The lowest BCUT2D eigenvalue weighted by molar-refractivity contribution is -0.161. The maximum absolute atomic E-state index is 13.0. The molecule has 3 unspecified atom stereocenters. The third-order valence-electron chi connectivity index (χ3n) is 16.4. The fourth-order valence-electron chi connectivity index (χ4n) is 10.4. The van der Waals surface area contributed by atoms with Gasteiger partial charge in [-0.2, -0.15) is 0 Å². The highest BCUT2D eigenvalue weighted by Crippen LogP contribution is 2.45. The van der Waals surface area contributed by atoms with Gasteiger partial charge in [-0.05, 0) is 31.6 Å². The maximum Gasteiger partial charge on any atom is 0.472 e. The van der Waals surface area contributed by atoms with Crippen LogP contribution in [-0.4, -0.2) is 96.7 Å². The van der Waals surface area contributed by atoms with Gasteiger partial charge in [0.25, 0.3) is 0 Å². The number of ether oxygens (including phenoxy) is 4. The lowest BCUT2D eigenvalue weighted by atomic mass is 9.99. The van der Waals surface area contributed by atoms with Crippen LogP contribution in [0, 0.1) is 5.92 Å². The third-order valence-corrected chi connectivity index (χ3v) is 18.3. The van der Waals surface area contributed by atoms with Crippen LogP contribution in [0.4, 0.5) is 0 Å². The first-order valence-electron chi connectivity index (χ1n) is 36.2. The highest BCUT2D eigenvalue weighted by atomic mass is 31.2. The molecule has 19 heteroatoms. The van der Waals surface area contributed by atoms with Gasteiger partial charge in [-0.15, -0.1) is 0 Å². The molecule has 0 aliphatic heterocycles. The molecular weight excluding hydrogens is 1160 g/mol. The molecule has 0 bridgehead atoms. The molecule has 0 aromatic carbocycles. The molecule has 3 N–H and O–H groups in total. The van der Waals surface area contributed by atoms with Crippen LogP contribution in [-0.2, 0) is 65.4 Å². The summed E-state index contributed by atoms with van der Waals surface area (Å²) in [5, 5.41) is 10.6. The van der Waals surface area contributed by atoms with Crippen LogP contribution >= 0.6 is 15.6 Å². The van der Waals surface area contributed by atoms with Crippen molar-refractivity contribution in [2.24, 2.45) is 5.92 Å². The van der Waals surface area contributed by atoms with Crippen molar-refractivity contribution in [3.05, 3.63) is 0 Å². The summed E-state index contributed by atoms with van der Waals surface area (Å²) >= 11 is 0. The third kappa shape index (κ3) is 61.6. The Morgan fingerprint density at radius 2 is 0.545 bits per heavy atom. The van der Waals surface area contributed by atoms with Crippen LogP contribution in [0.5, 0.6) is 0 Å². The summed E-state index contributed by atoms with van der Waals surface area (Å²) in [6.45, 7) is 7.25. The zero-order valence-corrected chi connectivity index (χ0v) is 58.6. The molecule has 0 amide bonds. The smallest absolute Gasteiger partial charge is 0.462 e. The summed E-state index contributed by atoms with van der Waals surface area (Å²) in [6, 6.07) is 0. The molecule has 0 spiro atoms. The maximum atomic E-state index is 13.0. The molecule has 0 rings (SSSR count). The van der Waals surface area contributed by atoms with Crippen molar-refractivity contribution in [1.29, 1.82) is 0 Å². The molecule has 17 nitrogen and oxygen atoms in total. The minimum Gasteiger partial charge on any atom is -0.462 e. The average Bonchev–Trinajstić information content (AvgIpc) is 3.71. The van der Waals surface area contributed by atoms with E-state index in [-0.39, 0.29) is 25.7 Å². The number of phosphoric ester groups is 2. The Balaban J connectivity index is 5.24. The fraction of sp³-hybridized carbons (Fsp3) is 0.942. The number of carbonyl (C=O) groups is 4. The topological polar surface area (TPSA) is 237 Å². The Bertz CT molecular complexity index is 1710. The van der Waals surface area contributed by atoms with Crippen LogP contribution in [0.25, 0.3) is 0 Å². The van der Waals surface area contributed by atoms with Gasteiger partial charge in [0.1, 0.15) is 19.3 Å². The first kappa shape index (κ1) is 86.1. The van der Waals surface area contributed by atoms with E-state index in [2.05, 4.69) is 34.6 Å². The predicted molar refractivity (Wildman–Crippen MR) is 354 cm³/mol. The molecule has 522 valence electrons. The van der Waals surface area contributed by atoms with Crippen molar-refractivity contribution in [2.75, 3.05) is 39.6 Å². The first-order chi connectivity index (χ1) is 42.6. The Labute approximate surface area is 537 Å². The van der Waals surface area contributed by atoms with Crippen LogP contribution < -0.4 is 0 Å². The lowest BCUT2D eigenvalue weighted by Crippen LogP contribution is -2.30. The fourth-order valence-corrected chi connectivity index (χ4v) is 12.0. The first-order valence-corrected chi connectivity index (χ1v) is 39.2. The Hall–Kier alpha value is -1.94. The van der Waals surface area contributed by atoms with Crippen LogP contribution in [0.1, 0.15) is 356 Å². The molecule has 0 saturated carbocycles. The van der Waals surface area contributed by atoms with E-state index in [1.54, 1.807) is 0 Å². The Morgan fingerprint density at radius 1 is 0.318 bits per heavy atom. The number of aliphatic hydroxyl groups is 1. The number of hydrogen-bond donors (Lipinski definition) is 3. The van der Waals surface area contributed by atoms with Gasteiger partial charge < -0.3 is 33.8 Å². The van der Waals surface area contributed by atoms with E-state index >= 15 is 0 Å². The second-order valence-electron chi connectivity index (χ2n) is 25.2. The van der Waals surface area contributed by atoms with Crippen LogP contribution in [0.15, 0.2) is 0 Å². The number of carbonyl (C=O) groups excluding carboxylic acids is 4. The number of esters is 4. The van der Waals surface area contributed by atoms with Gasteiger partial charge in [0.15, 0.2) is 12.2 Å². The molecule has 88 heavy (non-hydrogen) atoms. The number of aliphatic hydroxyl groups excluding tert-OH is 1. The molecule has 0 radical (unpaired) electrons. The predicted octanol–water partition coefficient (Wildman–Crippen LogP) is 19.7. The van der Waals surface area contributed by atoms with Crippen molar-refractivity contribution in [3.63, 3.8) is 0 Å². The monoisotopic (exact) mass is 1300 g/mol. The van der Waals surface area contributed by atoms with E-state index in [0.717, 1.165) is 95.8 Å². The lowest BCUT2D eigenvalue weighted by Gasteiger charge is -2.21. The van der Waals surface area contributed by atoms with E-state index in [9.17, 15) is 43.2 Å². The van der Waals surface area contributed by atoms with E-state index < -0.39 is 97.5 Å². The summed E-state index contributed by atoms with van der Waals surface area (Å²) in [7, 11) is -9.89.